The Bertz CT molecular complexity index is 1790. The lowest BCUT2D eigenvalue weighted by Crippen LogP contribution is -2.37. The van der Waals surface area contributed by atoms with Gasteiger partial charge in [0.25, 0.3) is 5.91 Å². The highest BCUT2D eigenvalue weighted by Crippen LogP contribution is 2.43. The number of aromatic nitrogens is 5. The quantitative estimate of drug-likeness (QED) is 0.295. The van der Waals surface area contributed by atoms with Gasteiger partial charge in [-0.05, 0) is 55.2 Å². The van der Waals surface area contributed by atoms with E-state index in [0.717, 1.165) is 18.2 Å². The summed E-state index contributed by atoms with van der Waals surface area (Å²) in [6.07, 6.45) is 0.815. The molecule has 2 unspecified atom stereocenters. The van der Waals surface area contributed by atoms with E-state index in [1.807, 2.05) is 0 Å². The van der Waals surface area contributed by atoms with Crippen LogP contribution in [0.3, 0.4) is 0 Å². The van der Waals surface area contributed by atoms with Crippen LogP contribution in [0.4, 0.5) is 23.4 Å². The number of fused-ring (bicyclic) bond motifs is 4. The molecule has 5 aromatic rings. The summed E-state index contributed by atoms with van der Waals surface area (Å²) in [7, 11) is 1.71. The molecule has 2 N–H and O–H groups in total. The van der Waals surface area contributed by atoms with Crippen LogP contribution in [0.5, 0.6) is 0 Å². The molecular formula is C28H23F4N7O. The predicted molar refractivity (Wildman–Crippen MR) is 140 cm³/mol. The van der Waals surface area contributed by atoms with Gasteiger partial charge in [-0.3, -0.25) is 9.48 Å². The van der Waals surface area contributed by atoms with Gasteiger partial charge in [-0.2, -0.15) is 18.3 Å². The maximum absolute atomic E-state index is 15.6. The summed E-state index contributed by atoms with van der Waals surface area (Å²) >= 11 is 0. The molecule has 204 valence electrons. The zero-order valence-electron chi connectivity index (χ0n) is 21.4. The van der Waals surface area contributed by atoms with Crippen molar-refractivity contribution < 1.29 is 22.4 Å². The van der Waals surface area contributed by atoms with E-state index in [4.69, 9.17) is 5.73 Å². The molecule has 12 heteroatoms. The van der Waals surface area contributed by atoms with Crippen LogP contribution in [0.25, 0.3) is 21.8 Å². The smallest absolute Gasteiger partial charge is 0.383 e. The van der Waals surface area contributed by atoms with Gasteiger partial charge in [-0.1, -0.05) is 6.07 Å². The average Bonchev–Trinajstić information content (AvgIpc) is 3.52. The van der Waals surface area contributed by atoms with E-state index in [0.29, 0.717) is 46.1 Å². The largest absolute Gasteiger partial charge is 0.416 e. The normalized spacial score (nSPS) is 15.9. The molecule has 0 saturated carbocycles. The van der Waals surface area contributed by atoms with Gasteiger partial charge in [0, 0.05) is 30.9 Å². The van der Waals surface area contributed by atoms with E-state index in [1.54, 1.807) is 30.9 Å². The minimum atomic E-state index is -4.49. The maximum atomic E-state index is 15.6. The number of nitrogen functional groups attached to an aromatic ring is 1. The number of benzene rings is 2. The Balaban J connectivity index is 1.50. The molecule has 3 aromatic heterocycles. The summed E-state index contributed by atoms with van der Waals surface area (Å²) in [5.41, 5.74) is 7.01. The van der Waals surface area contributed by atoms with Crippen molar-refractivity contribution in [3.63, 3.8) is 0 Å². The molecule has 0 saturated heterocycles. The minimum Gasteiger partial charge on any atom is -0.383 e. The van der Waals surface area contributed by atoms with Crippen LogP contribution in [0, 0.1) is 5.82 Å². The number of amides is 1. The number of carbonyl (C=O) groups excluding carboxylic acids is 1. The summed E-state index contributed by atoms with van der Waals surface area (Å²) in [6, 6.07) is 6.40. The molecule has 0 bridgehead atoms. The Hall–Kier alpha value is -4.61. The number of carbonyl (C=O) groups is 1. The van der Waals surface area contributed by atoms with Gasteiger partial charge < -0.3 is 10.6 Å². The Morgan fingerprint density at radius 3 is 2.62 bits per heavy atom. The molecule has 0 fully saturated rings. The zero-order chi connectivity index (χ0) is 28.3. The molecule has 0 aliphatic heterocycles. The SMILES string of the molecule is CC(c1ncccn1)N(C(=O)c1cc2c(cc1F)nc(N)c1cnn(C)c12)C1CCc2cc(C(F)(F)F)ccc21. The second-order valence-electron chi connectivity index (χ2n) is 9.84. The summed E-state index contributed by atoms with van der Waals surface area (Å²) in [5, 5.41) is 5.28. The van der Waals surface area contributed by atoms with Crippen LogP contribution in [0.2, 0.25) is 0 Å². The van der Waals surface area contributed by atoms with Crippen molar-refractivity contribution in [2.45, 2.75) is 38.0 Å². The van der Waals surface area contributed by atoms with E-state index in [9.17, 15) is 18.0 Å². The lowest BCUT2D eigenvalue weighted by Gasteiger charge is -2.34. The van der Waals surface area contributed by atoms with Gasteiger partial charge in [0.05, 0.1) is 45.8 Å². The lowest BCUT2D eigenvalue weighted by atomic mass is 10.00. The topological polar surface area (TPSA) is 103 Å². The Morgan fingerprint density at radius 2 is 1.90 bits per heavy atom. The summed E-state index contributed by atoms with van der Waals surface area (Å²) in [6.45, 7) is 1.72. The highest BCUT2D eigenvalue weighted by Gasteiger charge is 2.39. The molecule has 1 aliphatic carbocycles. The monoisotopic (exact) mass is 549 g/mol. The third-order valence-electron chi connectivity index (χ3n) is 7.49. The zero-order valence-corrected chi connectivity index (χ0v) is 21.4. The van der Waals surface area contributed by atoms with Crippen LogP contribution in [0.1, 0.15) is 58.3 Å². The van der Waals surface area contributed by atoms with Crippen LogP contribution in [-0.2, 0) is 19.6 Å². The molecule has 0 spiro atoms. The molecule has 8 nitrogen and oxygen atoms in total. The van der Waals surface area contributed by atoms with Crippen molar-refractivity contribution in [2.75, 3.05) is 5.73 Å². The van der Waals surface area contributed by atoms with Gasteiger partial charge in [0.15, 0.2) is 0 Å². The fourth-order valence-corrected chi connectivity index (χ4v) is 5.58. The number of rotatable bonds is 4. The number of nitrogens with two attached hydrogens (primary N) is 1. The van der Waals surface area contributed by atoms with Gasteiger partial charge in [-0.15, -0.1) is 0 Å². The first-order chi connectivity index (χ1) is 19.0. The van der Waals surface area contributed by atoms with Gasteiger partial charge in [-0.25, -0.2) is 19.3 Å². The molecule has 1 aliphatic rings. The van der Waals surface area contributed by atoms with E-state index in [1.165, 1.54) is 29.4 Å². The fraction of sp³-hybridized carbons (Fsp3) is 0.250. The van der Waals surface area contributed by atoms with Gasteiger partial charge >= 0.3 is 6.18 Å². The van der Waals surface area contributed by atoms with E-state index < -0.39 is 35.5 Å². The third kappa shape index (κ3) is 4.10. The number of halogens is 4. The maximum Gasteiger partial charge on any atom is 0.416 e. The minimum absolute atomic E-state index is 0.186. The number of hydrogen-bond donors (Lipinski definition) is 1. The first-order valence-electron chi connectivity index (χ1n) is 12.5. The highest BCUT2D eigenvalue weighted by atomic mass is 19.4. The van der Waals surface area contributed by atoms with Crippen LogP contribution >= 0.6 is 0 Å². The number of aryl methyl sites for hydroxylation is 2. The first-order valence-corrected chi connectivity index (χ1v) is 12.5. The molecule has 0 radical (unpaired) electrons. The molecule has 6 rings (SSSR count). The Morgan fingerprint density at radius 1 is 1.15 bits per heavy atom. The first kappa shape index (κ1) is 25.7. The molecule has 2 aromatic carbocycles. The fourth-order valence-electron chi connectivity index (χ4n) is 5.58. The highest BCUT2D eigenvalue weighted by molar-refractivity contribution is 6.10. The van der Waals surface area contributed by atoms with Crippen molar-refractivity contribution in [2.24, 2.45) is 7.05 Å². The molecule has 3 heterocycles. The average molecular weight is 550 g/mol. The van der Waals surface area contributed by atoms with Crippen molar-refractivity contribution in [3.8, 4) is 0 Å². The third-order valence-corrected chi connectivity index (χ3v) is 7.49. The van der Waals surface area contributed by atoms with E-state index in [2.05, 4.69) is 20.1 Å². The van der Waals surface area contributed by atoms with Crippen LogP contribution in [0.15, 0.2) is 55.0 Å². The van der Waals surface area contributed by atoms with Gasteiger partial charge in [0.1, 0.15) is 17.5 Å². The lowest BCUT2D eigenvalue weighted by molar-refractivity contribution is -0.137. The number of anilines is 1. The van der Waals surface area contributed by atoms with Crippen LogP contribution < -0.4 is 5.73 Å². The number of pyridine rings is 1. The van der Waals surface area contributed by atoms with Crippen molar-refractivity contribution in [3.05, 3.63) is 88.9 Å². The second kappa shape index (κ2) is 9.25. The summed E-state index contributed by atoms with van der Waals surface area (Å²) < 4.78 is 57.3. The standard InChI is InChI=1S/C28H23F4N7O/c1-14(26-34-8-3-9-35-26)39(23-7-4-15-10-16(28(30,31)32)5-6-17(15)23)27(40)18-11-19-22(12-21(18)29)37-25(33)20-13-36-38(2)24(19)20/h3,5-6,8-14,23H,4,7H2,1-2H3,(H2,33,37). The van der Waals surface area contributed by atoms with Crippen molar-refractivity contribution in [1.29, 1.82) is 0 Å². The molecular weight excluding hydrogens is 526 g/mol. The van der Waals surface area contributed by atoms with Crippen molar-refractivity contribution >= 4 is 33.5 Å². The van der Waals surface area contributed by atoms with Crippen LogP contribution in [-0.4, -0.2) is 35.5 Å². The predicted octanol–water partition coefficient (Wildman–Crippen LogP) is 5.54. The van der Waals surface area contributed by atoms with Gasteiger partial charge in [0.2, 0.25) is 0 Å². The van der Waals surface area contributed by atoms with Crippen molar-refractivity contribution in [1.82, 2.24) is 29.6 Å². The molecule has 40 heavy (non-hydrogen) atoms. The second-order valence-corrected chi connectivity index (χ2v) is 9.84. The Labute approximate surface area is 225 Å². The number of alkyl halides is 3. The molecule has 1 amide bonds. The summed E-state index contributed by atoms with van der Waals surface area (Å²) in [4.78, 5) is 28.6. The van der Waals surface area contributed by atoms with E-state index >= 15 is 4.39 Å². The van der Waals surface area contributed by atoms with E-state index in [-0.39, 0.29) is 16.9 Å². The molecule has 2 atom stereocenters. The summed E-state index contributed by atoms with van der Waals surface area (Å²) in [5.74, 6) is -0.945. The number of hydrogen-bond acceptors (Lipinski definition) is 6. The Kier molecular flexibility index (Phi) is 5.93. The number of nitrogens with zero attached hydrogens (tertiary/aromatic N) is 6.